The third-order valence-electron chi connectivity index (χ3n) is 3.46. The van der Waals surface area contributed by atoms with E-state index in [1.54, 1.807) is 12.1 Å². The number of rotatable bonds is 8. The van der Waals surface area contributed by atoms with Crippen LogP contribution in [0, 0.1) is 5.92 Å². The van der Waals surface area contributed by atoms with E-state index in [-0.39, 0.29) is 18.2 Å². The molecule has 9 heteroatoms. The van der Waals surface area contributed by atoms with Crippen molar-refractivity contribution in [3.63, 3.8) is 0 Å². The van der Waals surface area contributed by atoms with Crippen LogP contribution in [0.1, 0.15) is 30.8 Å². The van der Waals surface area contributed by atoms with E-state index in [4.69, 9.17) is 5.11 Å². The van der Waals surface area contributed by atoms with Crippen molar-refractivity contribution in [2.24, 2.45) is 5.92 Å². The highest BCUT2D eigenvalue weighted by Crippen LogP contribution is 2.05. The molecule has 1 atom stereocenters. The molecular formula is C17H21N5O4. The Morgan fingerprint density at radius 1 is 1.19 bits per heavy atom. The average molecular weight is 359 g/mol. The van der Waals surface area contributed by atoms with Gasteiger partial charge in [-0.3, -0.25) is 9.59 Å². The Labute approximate surface area is 150 Å². The molecule has 1 aromatic heterocycles. The summed E-state index contributed by atoms with van der Waals surface area (Å²) in [5.74, 6) is -2.15. The number of para-hydroxylation sites is 1. The minimum Gasteiger partial charge on any atom is -0.480 e. The first-order valence-corrected chi connectivity index (χ1v) is 8.15. The third kappa shape index (κ3) is 5.40. The maximum atomic E-state index is 12.1. The van der Waals surface area contributed by atoms with Crippen molar-refractivity contribution in [1.29, 1.82) is 0 Å². The monoisotopic (exact) mass is 359 g/mol. The van der Waals surface area contributed by atoms with Crippen molar-refractivity contribution < 1.29 is 19.5 Å². The van der Waals surface area contributed by atoms with Crippen molar-refractivity contribution in [3.05, 3.63) is 42.2 Å². The van der Waals surface area contributed by atoms with E-state index in [0.29, 0.717) is 12.1 Å². The topological polar surface area (TPSA) is 126 Å². The Morgan fingerprint density at radius 3 is 2.50 bits per heavy atom. The summed E-state index contributed by atoms with van der Waals surface area (Å²) < 4.78 is 0. The number of carboxylic acid groups (broad SMARTS) is 1. The second-order valence-corrected chi connectivity index (χ2v) is 6.13. The number of carboxylic acids is 1. The molecule has 0 saturated heterocycles. The lowest BCUT2D eigenvalue weighted by Crippen LogP contribution is -2.46. The van der Waals surface area contributed by atoms with E-state index < -0.39 is 23.8 Å². The molecule has 0 bridgehead atoms. The maximum absolute atomic E-state index is 12.1. The van der Waals surface area contributed by atoms with Crippen LogP contribution < -0.4 is 10.6 Å². The normalized spacial score (nSPS) is 11.8. The molecule has 9 nitrogen and oxygen atoms in total. The molecule has 0 aliphatic carbocycles. The zero-order chi connectivity index (χ0) is 19.1. The van der Waals surface area contributed by atoms with Gasteiger partial charge >= 0.3 is 5.97 Å². The molecule has 0 saturated carbocycles. The molecular weight excluding hydrogens is 338 g/mol. The second-order valence-electron chi connectivity index (χ2n) is 6.13. The minimum absolute atomic E-state index is 0.0543. The van der Waals surface area contributed by atoms with Gasteiger partial charge in [0.25, 0.3) is 5.91 Å². The Bertz CT molecular complexity index is 772. The lowest BCUT2D eigenvalue weighted by molar-refractivity contribution is -0.142. The smallest absolute Gasteiger partial charge is 0.326 e. The molecule has 2 aromatic rings. The van der Waals surface area contributed by atoms with Crippen LogP contribution in [-0.2, 0) is 9.59 Å². The summed E-state index contributed by atoms with van der Waals surface area (Å²) in [4.78, 5) is 36.4. The summed E-state index contributed by atoms with van der Waals surface area (Å²) >= 11 is 0. The summed E-state index contributed by atoms with van der Waals surface area (Å²) in [5.41, 5.74) is 0.751. The van der Waals surface area contributed by atoms with Crippen LogP contribution in [0.5, 0.6) is 0 Å². The largest absolute Gasteiger partial charge is 0.480 e. The lowest BCUT2D eigenvalue weighted by atomic mass is 10.0. The van der Waals surface area contributed by atoms with Gasteiger partial charge in [-0.15, -0.1) is 5.10 Å². The van der Waals surface area contributed by atoms with Crippen LogP contribution >= 0.6 is 0 Å². The van der Waals surface area contributed by atoms with Crippen LogP contribution in [-0.4, -0.2) is 50.5 Å². The second kappa shape index (κ2) is 8.75. The van der Waals surface area contributed by atoms with Crippen LogP contribution in [0.15, 0.2) is 36.5 Å². The molecule has 3 N–H and O–H groups in total. The molecule has 2 amide bonds. The Hall–Kier alpha value is -3.23. The van der Waals surface area contributed by atoms with Crippen molar-refractivity contribution in [2.75, 3.05) is 6.54 Å². The first-order valence-electron chi connectivity index (χ1n) is 8.15. The number of nitrogens with one attached hydrogen (secondary N) is 2. The van der Waals surface area contributed by atoms with Gasteiger partial charge in [-0.25, -0.2) is 4.79 Å². The predicted octanol–water partition coefficient (Wildman–Crippen LogP) is 0.613. The van der Waals surface area contributed by atoms with E-state index in [1.807, 2.05) is 32.0 Å². The first kappa shape index (κ1) is 19.1. The predicted molar refractivity (Wildman–Crippen MR) is 92.7 cm³/mol. The highest BCUT2D eigenvalue weighted by Gasteiger charge is 2.21. The molecule has 0 aliphatic rings. The van der Waals surface area contributed by atoms with Crippen LogP contribution in [0.2, 0.25) is 0 Å². The van der Waals surface area contributed by atoms with Gasteiger partial charge < -0.3 is 15.7 Å². The van der Waals surface area contributed by atoms with E-state index in [2.05, 4.69) is 20.8 Å². The van der Waals surface area contributed by atoms with E-state index in [1.165, 1.54) is 11.0 Å². The number of aromatic nitrogens is 3. The average Bonchev–Trinajstić information content (AvgIpc) is 3.09. The van der Waals surface area contributed by atoms with Crippen molar-refractivity contribution in [2.45, 2.75) is 26.3 Å². The van der Waals surface area contributed by atoms with E-state index in [9.17, 15) is 14.4 Å². The van der Waals surface area contributed by atoms with Crippen molar-refractivity contribution in [1.82, 2.24) is 25.6 Å². The van der Waals surface area contributed by atoms with Crippen LogP contribution in [0.25, 0.3) is 5.69 Å². The quantitative estimate of drug-likeness (QED) is 0.634. The Kier molecular flexibility index (Phi) is 6.42. The number of hydrogen-bond acceptors (Lipinski definition) is 5. The van der Waals surface area contributed by atoms with Gasteiger partial charge in [-0.1, -0.05) is 32.0 Å². The van der Waals surface area contributed by atoms with Crippen LogP contribution in [0.4, 0.5) is 0 Å². The summed E-state index contributed by atoms with van der Waals surface area (Å²) in [5, 5.41) is 22.0. The van der Waals surface area contributed by atoms with Crippen LogP contribution in [0.3, 0.4) is 0 Å². The molecule has 1 heterocycles. The van der Waals surface area contributed by atoms with Gasteiger partial charge in [-0.2, -0.15) is 9.90 Å². The van der Waals surface area contributed by atoms with Crippen molar-refractivity contribution in [3.8, 4) is 5.69 Å². The van der Waals surface area contributed by atoms with Gasteiger partial charge in [0, 0.05) is 0 Å². The first-order chi connectivity index (χ1) is 12.4. The molecule has 0 radical (unpaired) electrons. The zero-order valence-corrected chi connectivity index (χ0v) is 14.5. The summed E-state index contributed by atoms with van der Waals surface area (Å²) in [7, 11) is 0. The number of hydrogen-bond donors (Lipinski definition) is 3. The van der Waals surface area contributed by atoms with E-state index >= 15 is 0 Å². The van der Waals surface area contributed by atoms with Gasteiger partial charge in [0.15, 0.2) is 5.69 Å². The number of nitrogens with zero attached hydrogens (tertiary/aromatic N) is 3. The SMILES string of the molecule is CC(C)C[C@H](NC(=O)CNC(=O)c1cnn(-c2ccccc2)n1)C(=O)O. The molecule has 0 fully saturated rings. The number of amides is 2. The fourth-order valence-corrected chi connectivity index (χ4v) is 2.24. The standard InChI is InChI=1S/C17H21N5O4/c1-11(2)8-13(17(25)26)20-15(23)10-18-16(24)14-9-19-22(21-14)12-6-4-3-5-7-12/h3-7,9,11,13H,8,10H2,1-2H3,(H,18,24)(H,20,23)(H,25,26)/t13-/m0/s1. The fraction of sp³-hybridized carbons (Fsp3) is 0.353. The Morgan fingerprint density at radius 2 is 1.88 bits per heavy atom. The highest BCUT2D eigenvalue weighted by atomic mass is 16.4. The molecule has 2 rings (SSSR count). The van der Waals surface area contributed by atoms with Gasteiger partial charge in [0.05, 0.1) is 18.4 Å². The zero-order valence-electron chi connectivity index (χ0n) is 14.5. The molecule has 1 aromatic carbocycles. The Balaban J connectivity index is 1.89. The minimum atomic E-state index is -1.11. The molecule has 0 spiro atoms. The molecule has 138 valence electrons. The highest BCUT2D eigenvalue weighted by molar-refractivity contribution is 5.95. The van der Waals surface area contributed by atoms with Gasteiger partial charge in [-0.05, 0) is 24.5 Å². The number of carbonyl (C=O) groups is 3. The summed E-state index contributed by atoms with van der Waals surface area (Å²) in [6.45, 7) is 3.37. The summed E-state index contributed by atoms with van der Waals surface area (Å²) in [6, 6.07) is 8.07. The number of carbonyl (C=O) groups excluding carboxylic acids is 2. The molecule has 26 heavy (non-hydrogen) atoms. The number of benzene rings is 1. The fourth-order valence-electron chi connectivity index (χ4n) is 2.24. The van der Waals surface area contributed by atoms with Gasteiger partial charge in [0.2, 0.25) is 5.91 Å². The number of aliphatic carboxylic acids is 1. The maximum Gasteiger partial charge on any atom is 0.326 e. The molecule has 0 unspecified atom stereocenters. The lowest BCUT2D eigenvalue weighted by Gasteiger charge is -2.16. The van der Waals surface area contributed by atoms with Crippen molar-refractivity contribution >= 4 is 17.8 Å². The molecule has 0 aliphatic heterocycles. The van der Waals surface area contributed by atoms with Gasteiger partial charge in [0.1, 0.15) is 6.04 Å². The summed E-state index contributed by atoms with van der Waals surface area (Å²) in [6.07, 6.45) is 1.60. The van der Waals surface area contributed by atoms with E-state index in [0.717, 1.165) is 0 Å². The third-order valence-corrected chi connectivity index (χ3v) is 3.46.